The van der Waals surface area contributed by atoms with Gasteiger partial charge in [0.25, 0.3) is 0 Å². The maximum absolute atomic E-state index is 12.1. The highest BCUT2D eigenvalue weighted by molar-refractivity contribution is 6.09. The van der Waals surface area contributed by atoms with Gasteiger partial charge in [-0.05, 0) is 266 Å². The highest BCUT2D eigenvalue weighted by atomic mass is 16.5. The third-order valence-corrected chi connectivity index (χ3v) is 17.7. The lowest BCUT2D eigenvalue weighted by molar-refractivity contribution is 0.103. The molecule has 5 aromatic heterocycles. The Labute approximate surface area is 655 Å². The normalized spacial score (nSPS) is 10.7. The summed E-state index contributed by atoms with van der Waals surface area (Å²) in [6.45, 7) is 43.1. The predicted octanol–water partition coefficient (Wildman–Crippen LogP) is 26.7. The van der Waals surface area contributed by atoms with Gasteiger partial charge in [-0.3, -0.25) is 24.7 Å². The van der Waals surface area contributed by atoms with Crippen molar-refractivity contribution in [3.8, 4) is 5.75 Å². The van der Waals surface area contributed by atoms with Gasteiger partial charge in [-0.25, -0.2) is 4.98 Å². The van der Waals surface area contributed by atoms with Crippen LogP contribution in [0.25, 0.3) is 43.4 Å². The van der Waals surface area contributed by atoms with E-state index in [1.807, 2.05) is 190 Å². The Morgan fingerprint density at radius 1 is 0.355 bits per heavy atom. The number of hydrogen-bond acceptors (Lipinski definition) is 7. The Morgan fingerprint density at radius 2 is 0.773 bits per heavy atom. The van der Waals surface area contributed by atoms with Crippen LogP contribution in [0.5, 0.6) is 5.75 Å². The summed E-state index contributed by atoms with van der Waals surface area (Å²) in [5, 5.41) is 7.87. The number of nitrogens with one attached hydrogen (secondary N) is 1. The maximum Gasteiger partial charge on any atom is 0.193 e. The van der Waals surface area contributed by atoms with Crippen LogP contribution in [-0.4, -0.2) is 35.7 Å². The van der Waals surface area contributed by atoms with Crippen LogP contribution < -0.4 is 4.74 Å². The summed E-state index contributed by atoms with van der Waals surface area (Å²) in [5.74, 6) is 1.87. The fourth-order valence-electron chi connectivity index (χ4n) is 11.5. The Balaban J connectivity index is 0.000000172. The number of imidazole rings is 1. The average molecular weight is 1450 g/mol. The number of aryl methyl sites for hydroxylation is 19. The second kappa shape index (κ2) is 43.5. The molecule has 1 N–H and O–H groups in total. The van der Waals surface area contributed by atoms with Crippen molar-refractivity contribution in [1.82, 2.24) is 29.9 Å². The number of H-pyrrole nitrogens is 1. The molecule has 0 fully saturated rings. The number of carbonyl (C=O) groups excluding carboxylic acids is 1. The van der Waals surface area contributed by atoms with Crippen LogP contribution in [0.1, 0.15) is 129 Å². The minimum atomic E-state index is 0.0833. The Hall–Kier alpha value is -12.3. The van der Waals surface area contributed by atoms with E-state index in [4.69, 9.17) is 4.74 Å². The zero-order valence-corrected chi connectivity index (χ0v) is 68.2. The number of ketones is 1. The summed E-state index contributed by atoms with van der Waals surface area (Å²) < 4.78 is 5.72. The van der Waals surface area contributed by atoms with Crippen molar-refractivity contribution in [3.05, 3.63) is 427 Å². The molecule has 0 amide bonds. The first kappa shape index (κ1) is 85.0. The van der Waals surface area contributed by atoms with Gasteiger partial charge < -0.3 is 9.72 Å². The standard InChI is InChI=1S/C15H14O.C14H14O.2C12H12.2C11H11N.C8H10.2C7H9N.C5H8N2/c1-11-3-7-13(8-4-11)15(16)14-9-5-12(2)6-10-14;1-11-6-8-13(9-7-11)15-14-5-3-4-12(2)10-14;1-9-3-5-12-8-10(2)4-6-11(12)7-9;1-9-5-3-8-12-10(2)6-4-7-11(9)12;1-8-3-6-11-10(7-8)5-4-9(2)12-11;1-8-3-4-11-10(5-8)6-9(2)7-12-11;1-7-4-3-5-8(2)6-7;1-6-3-7(2)5-8-4-6;1-6-4-3-5-7(2)8-6;1-4-5(2)7-3-6-4/h3-10H,1-2H3;3-6,8-10H,1,7H2,2H3;2*3-8H,1-2H3;2*3-7H,1-2H3;3-6H,1-2H3;2*3-5H,1-2H3;3H,1-2H3,(H,6,7). The van der Waals surface area contributed by atoms with E-state index in [1.54, 1.807) is 6.33 Å². The van der Waals surface area contributed by atoms with Gasteiger partial charge in [-0.1, -0.05) is 251 Å². The maximum atomic E-state index is 12.1. The third kappa shape index (κ3) is 29.8. The zero-order chi connectivity index (χ0) is 79.7. The van der Waals surface area contributed by atoms with Crippen molar-refractivity contribution in [2.75, 3.05) is 0 Å². The molecule has 8 nitrogen and oxygen atoms in total. The van der Waals surface area contributed by atoms with Gasteiger partial charge in [0, 0.05) is 63.3 Å². The molecule has 1 aliphatic carbocycles. The predicted molar refractivity (Wildman–Crippen MR) is 469 cm³/mol. The van der Waals surface area contributed by atoms with Gasteiger partial charge in [0.2, 0.25) is 0 Å². The van der Waals surface area contributed by atoms with Crippen LogP contribution in [-0.2, 0) is 0 Å². The van der Waals surface area contributed by atoms with Crippen molar-refractivity contribution in [1.29, 1.82) is 0 Å². The number of aromatic amines is 1. The fraction of sp³-hybridized carbons (Fsp3) is 0.196. The van der Waals surface area contributed by atoms with E-state index < -0.39 is 0 Å². The third-order valence-electron chi connectivity index (χ3n) is 17.7. The van der Waals surface area contributed by atoms with Crippen molar-refractivity contribution in [2.45, 2.75) is 138 Å². The van der Waals surface area contributed by atoms with Crippen LogP contribution in [0, 0.1) is 132 Å². The summed E-state index contributed by atoms with van der Waals surface area (Å²) in [5.41, 5.74) is 28.1. The number of pyridine rings is 4. The first-order valence-corrected chi connectivity index (χ1v) is 37.5. The summed E-state index contributed by atoms with van der Waals surface area (Å²) in [4.78, 5) is 35.9. The lowest BCUT2D eigenvalue weighted by Gasteiger charge is -2.10. The van der Waals surface area contributed by atoms with Crippen LogP contribution in [0.15, 0.2) is 310 Å². The molecule has 110 heavy (non-hydrogen) atoms. The number of aromatic nitrogens is 6. The van der Waals surface area contributed by atoms with Gasteiger partial charge in [0.1, 0.15) is 11.5 Å². The first-order chi connectivity index (χ1) is 52.6. The second-order valence-electron chi connectivity index (χ2n) is 28.5. The number of nitrogens with zero attached hydrogens (tertiary/aromatic N) is 5. The summed E-state index contributed by atoms with van der Waals surface area (Å²) in [6.07, 6.45) is 14.2. The molecule has 560 valence electrons. The van der Waals surface area contributed by atoms with E-state index in [9.17, 15) is 4.79 Å². The number of fused-ring (bicyclic) bond motifs is 4. The smallest absolute Gasteiger partial charge is 0.193 e. The van der Waals surface area contributed by atoms with Gasteiger partial charge >= 0.3 is 0 Å². The molecule has 1 aliphatic rings. The number of rotatable bonds is 4. The van der Waals surface area contributed by atoms with Gasteiger partial charge in [-0.15, -0.1) is 0 Å². The van der Waals surface area contributed by atoms with E-state index in [2.05, 4.69) is 263 Å². The molecule has 16 rings (SSSR count). The lowest BCUT2D eigenvalue weighted by atomic mass is 10.0. The summed E-state index contributed by atoms with van der Waals surface area (Å²) >= 11 is 0. The van der Waals surface area contributed by atoms with Crippen LogP contribution in [0.4, 0.5) is 0 Å². The molecule has 15 aromatic rings. The highest BCUT2D eigenvalue weighted by Crippen LogP contribution is 2.24. The minimum Gasteiger partial charge on any atom is -0.458 e. The number of benzene rings is 10. The molecule has 0 atom stereocenters. The molecular weight excluding hydrogens is 1340 g/mol. The fourth-order valence-corrected chi connectivity index (χ4v) is 11.5. The Kier molecular flexibility index (Phi) is 33.6. The summed E-state index contributed by atoms with van der Waals surface area (Å²) in [6, 6.07) is 84.9. The highest BCUT2D eigenvalue weighted by Gasteiger charge is 2.08. The Morgan fingerprint density at radius 3 is 1.21 bits per heavy atom. The minimum absolute atomic E-state index is 0.0833. The van der Waals surface area contributed by atoms with Crippen molar-refractivity contribution < 1.29 is 9.53 Å². The summed E-state index contributed by atoms with van der Waals surface area (Å²) in [7, 11) is 0. The monoisotopic (exact) mass is 1450 g/mol. The average Bonchev–Trinajstić information content (AvgIpc) is 1.46. The molecule has 0 radical (unpaired) electrons. The molecule has 0 bridgehead atoms. The van der Waals surface area contributed by atoms with E-state index in [-0.39, 0.29) is 5.78 Å². The molecule has 0 unspecified atom stereocenters. The second-order valence-corrected chi connectivity index (χ2v) is 28.5. The van der Waals surface area contributed by atoms with E-state index in [1.165, 1.54) is 110 Å². The zero-order valence-electron chi connectivity index (χ0n) is 68.2. The van der Waals surface area contributed by atoms with Crippen molar-refractivity contribution in [3.63, 3.8) is 0 Å². The number of ether oxygens (including phenoxy) is 1. The number of carbonyl (C=O) groups is 1. The molecule has 8 heteroatoms. The quantitative estimate of drug-likeness (QED) is 0.175. The van der Waals surface area contributed by atoms with Gasteiger partial charge in [0.15, 0.2) is 5.78 Å². The Bertz CT molecular complexity index is 5060. The van der Waals surface area contributed by atoms with Gasteiger partial charge in [-0.2, -0.15) is 0 Å². The number of allylic oxidation sites excluding steroid dienone is 4. The van der Waals surface area contributed by atoms with Crippen molar-refractivity contribution in [2.24, 2.45) is 0 Å². The van der Waals surface area contributed by atoms with Crippen LogP contribution >= 0.6 is 0 Å². The van der Waals surface area contributed by atoms with Crippen LogP contribution in [0.2, 0.25) is 0 Å². The van der Waals surface area contributed by atoms with E-state index >= 15 is 0 Å². The molecule has 0 aliphatic heterocycles. The van der Waals surface area contributed by atoms with E-state index in [0.717, 1.165) is 74.1 Å². The SMILES string of the molecule is C=C1C=CC(Oc2cccc(C)c2)=CC1.Cc1ccc(C(=O)c2ccc(C)cc2)cc1.Cc1ccc2cc(C)ccc2c1.Cc1ccc2nc(C)ccc2c1.Cc1ccc2ncc(C)cc2c1.Cc1cccc(C)c1.Cc1cccc(C)n1.Cc1cccc2c(C)cccc12.Cc1cncc(C)c1.Cc1nc[nH]c1C. The van der Waals surface area contributed by atoms with Gasteiger partial charge in [0.05, 0.1) is 23.1 Å². The lowest BCUT2D eigenvalue weighted by Crippen LogP contribution is -2.00. The molecule has 10 aromatic carbocycles. The molecule has 0 spiro atoms. The van der Waals surface area contributed by atoms with Crippen LogP contribution in [0.3, 0.4) is 0 Å². The topological polar surface area (TPSA) is 107 Å². The van der Waals surface area contributed by atoms with E-state index in [0.29, 0.717) is 0 Å². The number of hydrogen-bond donors (Lipinski definition) is 1. The van der Waals surface area contributed by atoms with Crippen molar-refractivity contribution >= 4 is 49.1 Å². The first-order valence-electron chi connectivity index (χ1n) is 37.5. The molecule has 5 heterocycles. The molecular formula is C102H110N6O2. The largest absolute Gasteiger partial charge is 0.458 e. The molecule has 0 saturated carbocycles. The molecule has 0 saturated heterocycles.